The topological polar surface area (TPSA) is 141 Å². The first-order chi connectivity index (χ1) is 3.73. The number of phosphoric acid groups is 1. The fraction of sp³-hybridized carbons (Fsp3) is 0. The maximum absolute atomic E-state index is 8.88. The highest BCUT2D eigenvalue weighted by atomic mass is 31.2. The summed E-state index contributed by atoms with van der Waals surface area (Å²) in [6.07, 6.45) is 0. The van der Waals surface area contributed by atoms with E-state index >= 15 is 0 Å². The van der Waals surface area contributed by atoms with E-state index < -0.39 is 12.9 Å². The molecule has 0 saturated carbocycles. The van der Waals surface area contributed by atoms with Crippen molar-refractivity contribution in [1.82, 2.24) is 0 Å². The lowest BCUT2D eigenvalue weighted by Gasteiger charge is -1.82. The lowest BCUT2D eigenvalue weighted by atomic mass is 13.1. The van der Waals surface area contributed by atoms with E-state index in [9.17, 15) is 0 Å². The summed E-state index contributed by atoms with van der Waals surface area (Å²) in [6.45, 7) is 0. The SMILES string of the molecule is O=P(O)(O)O.O=[N+]([O-])O. The first-order valence-electron chi connectivity index (χ1n) is 1.35. The fourth-order valence-electron chi connectivity index (χ4n) is 0. The van der Waals surface area contributed by atoms with Crippen molar-refractivity contribution < 1.29 is 29.5 Å². The monoisotopic (exact) mass is 161 g/mol. The third kappa shape index (κ3) is 433. The van der Waals surface area contributed by atoms with E-state index in [0.717, 1.165) is 0 Å². The predicted octanol–water partition coefficient (Wildman–Crippen LogP) is -1.28. The van der Waals surface area contributed by atoms with E-state index in [4.69, 9.17) is 34.6 Å². The highest BCUT2D eigenvalue weighted by Gasteiger charge is 2.00. The van der Waals surface area contributed by atoms with Gasteiger partial charge >= 0.3 is 7.82 Å². The van der Waals surface area contributed by atoms with Crippen LogP contribution in [0.15, 0.2) is 0 Å². The first kappa shape index (κ1) is 11.2. The van der Waals surface area contributed by atoms with Gasteiger partial charge in [-0.15, -0.1) is 10.1 Å². The van der Waals surface area contributed by atoms with Crippen molar-refractivity contribution in [3.05, 3.63) is 10.1 Å². The van der Waals surface area contributed by atoms with Gasteiger partial charge in [0.25, 0.3) is 5.09 Å². The first-order valence-corrected chi connectivity index (χ1v) is 2.91. The van der Waals surface area contributed by atoms with E-state index in [1.165, 1.54) is 0 Å². The molecule has 4 N–H and O–H groups in total. The van der Waals surface area contributed by atoms with Gasteiger partial charge in [0.1, 0.15) is 0 Å². The molecule has 0 atom stereocenters. The lowest BCUT2D eigenvalue weighted by molar-refractivity contribution is -0.742. The molecule has 0 rings (SSSR count). The molecule has 0 heterocycles. The minimum atomic E-state index is -4.64. The molecule has 0 fully saturated rings. The second-order valence-corrected chi connectivity index (χ2v) is 1.78. The maximum Gasteiger partial charge on any atom is 0.466 e. The van der Waals surface area contributed by atoms with Gasteiger partial charge in [-0.3, -0.25) is 0 Å². The summed E-state index contributed by atoms with van der Waals surface area (Å²) >= 11 is 0. The van der Waals surface area contributed by atoms with Gasteiger partial charge in [-0.2, -0.15) is 0 Å². The minimum Gasteiger partial charge on any atom is -0.328 e. The van der Waals surface area contributed by atoms with Crippen molar-refractivity contribution in [2.45, 2.75) is 0 Å². The van der Waals surface area contributed by atoms with Gasteiger partial charge in [-0.25, -0.2) is 4.57 Å². The third-order valence-electron chi connectivity index (χ3n) is 0. The van der Waals surface area contributed by atoms with Crippen molar-refractivity contribution in [3.8, 4) is 0 Å². The second-order valence-electron chi connectivity index (χ2n) is 0.751. The van der Waals surface area contributed by atoms with Gasteiger partial charge in [-0.1, -0.05) is 0 Å². The Morgan fingerprint density at radius 3 is 1.33 bits per heavy atom. The molecule has 0 aliphatic heterocycles. The van der Waals surface area contributed by atoms with Crippen LogP contribution in [0.5, 0.6) is 0 Å². The third-order valence-corrected chi connectivity index (χ3v) is 0. The summed E-state index contributed by atoms with van der Waals surface area (Å²) in [6, 6.07) is 0. The Labute approximate surface area is 48.7 Å². The maximum atomic E-state index is 8.88. The molecule has 0 unspecified atom stereocenters. The number of nitrogens with zero attached hydrogens (tertiary/aromatic N) is 1. The summed E-state index contributed by atoms with van der Waals surface area (Å²) in [5.74, 6) is 0. The zero-order valence-corrected chi connectivity index (χ0v) is 4.80. The van der Waals surface area contributed by atoms with Crippen LogP contribution < -0.4 is 0 Å². The Morgan fingerprint density at radius 1 is 1.33 bits per heavy atom. The normalized spacial score (nSPS) is 9.22. The molecule has 0 aromatic carbocycles. The Balaban J connectivity index is 0. The Morgan fingerprint density at radius 2 is 1.33 bits per heavy atom. The van der Waals surface area contributed by atoms with Crippen LogP contribution in [-0.2, 0) is 4.57 Å². The molecular formula is H4NO7P. The molecule has 0 spiro atoms. The standard InChI is InChI=1S/HNO3.H3O4P/c2-1(3)4;1-5(2,3)4/h(H,2,3,4);(H3,1,2,3,4). The van der Waals surface area contributed by atoms with Crippen LogP contribution >= 0.6 is 7.82 Å². The average Bonchev–Trinajstić information content (AvgIpc) is 1.19. The van der Waals surface area contributed by atoms with Gasteiger partial charge in [0.2, 0.25) is 0 Å². The van der Waals surface area contributed by atoms with Crippen LogP contribution in [-0.4, -0.2) is 25.0 Å². The van der Waals surface area contributed by atoms with Gasteiger partial charge in [0.05, 0.1) is 0 Å². The zero-order valence-electron chi connectivity index (χ0n) is 3.91. The molecule has 8 nitrogen and oxygen atoms in total. The van der Waals surface area contributed by atoms with Crippen molar-refractivity contribution >= 4 is 7.82 Å². The summed E-state index contributed by atoms with van der Waals surface area (Å²) in [4.78, 5) is 29.9. The Hall–Kier alpha value is -0.690. The highest BCUT2D eigenvalue weighted by Crippen LogP contribution is 2.25. The molecule has 0 aliphatic rings. The number of hydrogen-bond donors (Lipinski definition) is 4. The van der Waals surface area contributed by atoms with Crippen molar-refractivity contribution in [3.63, 3.8) is 0 Å². The Bertz CT molecular complexity index is 109. The largest absolute Gasteiger partial charge is 0.466 e. The smallest absolute Gasteiger partial charge is 0.328 e. The lowest BCUT2D eigenvalue weighted by Crippen LogP contribution is -1.81. The molecule has 0 aromatic heterocycles. The van der Waals surface area contributed by atoms with Crippen molar-refractivity contribution in [2.24, 2.45) is 0 Å². The van der Waals surface area contributed by atoms with Crippen LogP contribution in [0, 0.1) is 10.1 Å². The van der Waals surface area contributed by atoms with E-state index in [0.29, 0.717) is 0 Å². The number of rotatable bonds is 0. The zero-order chi connectivity index (χ0) is 8.08. The minimum absolute atomic E-state index is 1.50. The molecule has 9 heavy (non-hydrogen) atoms. The summed E-state index contributed by atoms with van der Waals surface area (Å²) in [7, 11) is -4.64. The van der Waals surface area contributed by atoms with E-state index in [1.807, 2.05) is 0 Å². The quantitative estimate of drug-likeness (QED) is 0.197. The Kier molecular flexibility index (Phi) is 5.22. The molecule has 0 saturated heterocycles. The highest BCUT2D eigenvalue weighted by molar-refractivity contribution is 7.45. The van der Waals surface area contributed by atoms with E-state index in [1.54, 1.807) is 0 Å². The molecule has 0 radical (unpaired) electrons. The molecule has 0 aliphatic carbocycles. The molecule has 0 bridgehead atoms. The summed E-state index contributed by atoms with van der Waals surface area (Å²) in [5.41, 5.74) is 0. The van der Waals surface area contributed by atoms with Gasteiger partial charge < -0.3 is 19.9 Å². The van der Waals surface area contributed by atoms with Crippen LogP contribution in [0.1, 0.15) is 0 Å². The van der Waals surface area contributed by atoms with E-state index in [2.05, 4.69) is 0 Å². The summed E-state index contributed by atoms with van der Waals surface area (Å²) in [5, 5.41) is 13.6. The van der Waals surface area contributed by atoms with Gasteiger partial charge in [-0.05, 0) is 0 Å². The molecule has 9 heteroatoms. The van der Waals surface area contributed by atoms with Gasteiger partial charge in [0, 0.05) is 0 Å². The van der Waals surface area contributed by atoms with Crippen LogP contribution in [0.3, 0.4) is 0 Å². The average molecular weight is 161 g/mol. The van der Waals surface area contributed by atoms with Crippen LogP contribution in [0.4, 0.5) is 0 Å². The summed E-state index contributed by atoms with van der Waals surface area (Å²) < 4.78 is 8.88. The van der Waals surface area contributed by atoms with Crippen molar-refractivity contribution in [2.75, 3.05) is 0 Å². The fourth-order valence-corrected chi connectivity index (χ4v) is 0. The van der Waals surface area contributed by atoms with Crippen LogP contribution in [0.2, 0.25) is 0 Å². The van der Waals surface area contributed by atoms with Crippen LogP contribution in [0.25, 0.3) is 0 Å². The molecule has 0 amide bonds. The van der Waals surface area contributed by atoms with E-state index in [-0.39, 0.29) is 0 Å². The molecular weight excluding hydrogens is 157 g/mol. The molecule has 56 valence electrons. The van der Waals surface area contributed by atoms with Gasteiger partial charge in [0.15, 0.2) is 0 Å². The molecule has 0 aromatic rings. The van der Waals surface area contributed by atoms with Crippen molar-refractivity contribution in [1.29, 1.82) is 0 Å². The predicted molar refractivity (Wildman–Crippen MR) is 23.0 cm³/mol. The number of hydrogen-bond acceptors (Lipinski definition) is 3. The second kappa shape index (κ2) is 4.21.